The first-order chi connectivity index (χ1) is 11.6. The van der Waals surface area contributed by atoms with Gasteiger partial charge >= 0.3 is 5.97 Å². The van der Waals surface area contributed by atoms with Crippen LogP contribution in [0.3, 0.4) is 0 Å². The third-order valence-electron chi connectivity index (χ3n) is 6.54. The summed E-state index contributed by atoms with van der Waals surface area (Å²) in [7, 11) is 3.77. The average Bonchev–Trinajstić information content (AvgIpc) is 3.10. The number of carboxylic acids is 1. The average molecular weight is 330 g/mol. The molecule has 0 unspecified atom stereocenters. The number of nitrogens with zero attached hydrogens (tertiary/aromatic N) is 2. The van der Waals surface area contributed by atoms with Gasteiger partial charge in [0, 0.05) is 17.6 Å². The Morgan fingerprint density at radius 1 is 1.38 bits per heavy atom. The first-order valence-electron chi connectivity index (χ1n) is 8.61. The third kappa shape index (κ3) is 1.68. The number of piperazine rings is 1. The molecule has 24 heavy (non-hydrogen) atoms. The third-order valence-corrected chi connectivity index (χ3v) is 6.54. The molecule has 0 amide bonds. The van der Waals surface area contributed by atoms with Gasteiger partial charge in [-0.3, -0.25) is 14.6 Å². The highest BCUT2D eigenvalue weighted by Crippen LogP contribution is 2.52. The normalized spacial score (nSPS) is 40.2. The maximum atomic E-state index is 11.8. The second kappa shape index (κ2) is 4.94. The van der Waals surface area contributed by atoms with Crippen molar-refractivity contribution in [1.82, 2.24) is 9.80 Å². The Kier molecular flexibility index (Phi) is 3.02. The van der Waals surface area contributed by atoms with Crippen molar-refractivity contribution in [2.45, 2.75) is 43.2 Å². The van der Waals surface area contributed by atoms with Crippen LogP contribution in [0.5, 0.6) is 5.75 Å². The number of carboxylic acid groups (broad SMARTS) is 1. The quantitative estimate of drug-likeness (QED) is 0.876. The van der Waals surface area contributed by atoms with Crippen molar-refractivity contribution in [3.63, 3.8) is 0 Å². The highest BCUT2D eigenvalue weighted by molar-refractivity contribution is 5.72. The van der Waals surface area contributed by atoms with E-state index >= 15 is 0 Å². The number of hydrogen-bond acceptors (Lipinski definition) is 5. The summed E-state index contributed by atoms with van der Waals surface area (Å²) in [6.07, 6.45) is 1.52. The van der Waals surface area contributed by atoms with E-state index in [4.69, 9.17) is 9.47 Å². The minimum absolute atomic E-state index is 0.0105. The summed E-state index contributed by atoms with van der Waals surface area (Å²) < 4.78 is 11.8. The molecule has 2 bridgehead atoms. The van der Waals surface area contributed by atoms with Gasteiger partial charge in [0.15, 0.2) is 0 Å². The molecule has 1 aromatic carbocycles. The number of aliphatic carboxylic acids is 1. The molecule has 0 saturated carbocycles. The number of benzene rings is 1. The molecule has 6 heteroatoms. The van der Waals surface area contributed by atoms with Crippen LogP contribution < -0.4 is 4.74 Å². The number of carbonyl (C=O) groups is 1. The van der Waals surface area contributed by atoms with Crippen molar-refractivity contribution in [3.05, 3.63) is 29.3 Å². The van der Waals surface area contributed by atoms with Gasteiger partial charge in [-0.25, -0.2) is 0 Å². The van der Waals surface area contributed by atoms with Crippen molar-refractivity contribution >= 4 is 5.97 Å². The number of rotatable bonds is 2. The van der Waals surface area contributed by atoms with Crippen LogP contribution in [0.1, 0.15) is 23.6 Å². The topological polar surface area (TPSA) is 62.2 Å². The molecule has 0 radical (unpaired) electrons. The Labute approximate surface area is 140 Å². The van der Waals surface area contributed by atoms with Crippen LogP contribution in [0.25, 0.3) is 0 Å². The highest BCUT2D eigenvalue weighted by atomic mass is 16.5. The lowest BCUT2D eigenvalue weighted by atomic mass is 9.82. The van der Waals surface area contributed by atoms with Gasteiger partial charge in [-0.05, 0) is 31.5 Å². The summed E-state index contributed by atoms with van der Waals surface area (Å²) >= 11 is 0. The second-order valence-electron chi connectivity index (χ2n) is 7.40. The molecule has 1 aromatic rings. The fourth-order valence-corrected chi connectivity index (χ4v) is 5.63. The first kappa shape index (κ1) is 14.7. The van der Waals surface area contributed by atoms with Crippen molar-refractivity contribution in [2.24, 2.45) is 5.92 Å². The van der Waals surface area contributed by atoms with E-state index in [0.29, 0.717) is 13.0 Å². The van der Waals surface area contributed by atoms with Gasteiger partial charge in [-0.2, -0.15) is 0 Å². The van der Waals surface area contributed by atoms with E-state index in [-0.39, 0.29) is 36.3 Å². The molecular weight excluding hydrogens is 308 g/mol. The lowest BCUT2D eigenvalue weighted by molar-refractivity contribution is -0.144. The molecule has 6 atom stereocenters. The summed E-state index contributed by atoms with van der Waals surface area (Å²) in [6, 6.07) is 6.76. The molecule has 5 rings (SSSR count). The monoisotopic (exact) mass is 330 g/mol. The highest BCUT2D eigenvalue weighted by Gasteiger charge is 2.62. The second-order valence-corrected chi connectivity index (χ2v) is 7.40. The van der Waals surface area contributed by atoms with Crippen LogP contribution >= 0.6 is 0 Å². The van der Waals surface area contributed by atoms with Gasteiger partial charge in [-0.1, -0.05) is 12.1 Å². The number of fused-ring (bicyclic) bond motifs is 6. The van der Waals surface area contributed by atoms with Crippen LogP contribution in [-0.2, 0) is 16.0 Å². The lowest BCUT2D eigenvalue weighted by Gasteiger charge is -2.51. The zero-order valence-corrected chi connectivity index (χ0v) is 13.9. The fraction of sp³-hybridized carbons (Fsp3) is 0.611. The molecule has 3 fully saturated rings. The van der Waals surface area contributed by atoms with Crippen LogP contribution in [0.15, 0.2) is 18.2 Å². The minimum Gasteiger partial charge on any atom is -0.496 e. The minimum atomic E-state index is -0.677. The summed E-state index contributed by atoms with van der Waals surface area (Å²) in [6.45, 7) is 0.656. The number of methoxy groups -OCH3 is 1. The zero-order valence-electron chi connectivity index (χ0n) is 13.9. The van der Waals surface area contributed by atoms with Crippen LogP contribution in [0.4, 0.5) is 0 Å². The standard InChI is InChI=1S/C18H22N2O4/c1-19-12-7-10(18(21)22)16(19)11-6-9-4-3-5-14(23-2)15(9)13-8-24-17(12)20(11)13/h3-5,10-13,16-17H,6-8H2,1-2H3,(H,21,22)/t10-,11+,12+,13-,16+,17+/m1/s1. The smallest absolute Gasteiger partial charge is 0.308 e. The molecule has 0 aromatic heterocycles. The molecule has 4 heterocycles. The predicted molar refractivity (Wildman–Crippen MR) is 85.9 cm³/mol. The van der Waals surface area contributed by atoms with Gasteiger partial charge in [0.25, 0.3) is 0 Å². The van der Waals surface area contributed by atoms with Gasteiger partial charge in [-0.15, -0.1) is 0 Å². The van der Waals surface area contributed by atoms with E-state index in [0.717, 1.165) is 12.2 Å². The molecule has 1 N–H and O–H groups in total. The predicted octanol–water partition coefficient (Wildman–Crippen LogP) is 1.11. The molecule has 0 aliphatic carbocycles. The van der Waals surface area contributed by atoms with Crippen LogP contribution in [-0.4, -0.2) is 66.0 Å². The molecular formula is C18H22N2O4. The fourth-order valence-electron chi connectivity index (χ4n) is 5.63. The Balaban J connectivity index is 1.64. The van der Waals surface area contributed by atoms with E-state index in [9.17, 15) is 9.90 Å². The molecule has 0 spiro atoms. The Hall–Kier alpha value is -1.63. The van der Waals surface area contributed by atoms with Gasteiger partial charge < -0.3 is 14.6 Å². The first-order valence-corrected chi connectivity index (χ1v) is 8.61. The molecule has 4 aliphatic heterocycles. The summed E-state index contributed by atoms with van der Waals surface area (Å²) in [5.74, 6) is -0.0724. The largest absolute Gasteiger partial charge is 0.496 e. The van der Waals surface area contributed by atoms with Gasteiger partial charge in [0.1, 0.15) is 12.0 Å². The summed E-state index contributed by atoms with van der Waals surface area (Å²) in [4.78, 5) is 16.5. The SMILES string of the molecule is COc1cccc2c1[C@H]1CO[C@H]3[C@@H]4C[C@@H](C(=O)O)[C@@H]([C@H](C2)N13)N4C. The molecule has 4 aliphatic rings. The number of likely N-dealkylation sites (N-methyl/N-ethyl adjacent to an activating group) is 1. The van der Waals surface area contributed by atoms with Crippen molar-refractivity contribution in [3.8, 4) is 5.75 Å². The number of hydrogen-bond donors (Lipinski definition) is 1. The molecule has 128 valence electrons. The molecule has 3 saturated heterocycles. The van der Waals surface area contributed by atoms with E-state index < -0.39 is 5.97 Å². The molecule has 6 nitrogen and oxygen atoms in total. The maximum absolute atomic E-state index is 11.8. The zero-order chi connectivity index (χ0) is 16.6. The van der Waals surface area contributed by atoms with Crippen molar-refractivity contribution in [1.29, 1.82) is 0 Å². The summed E-state index contributed by atoms with van der Waals surface area (Å²) in [5.41, 5.74) is 2.50. The van der Waals surface area contributed by atoms with Gasteiger partial charge in [0.2, 0.25) is 0 Å². The van der Waals surface area contributed by atoms with Crippen molar-refractivity contribution in [2.75, 3.05) is 20.8 Å². The Morgan fingerprint density at radius 3 is 2.96 bits per heavy atom. The van der Waals surface area contributed by atoms with E-state index in [2.05, 4.69) is 22.9 Å². The van der Waals surface area contributed by atoms with Gasteiger partial charge in [0.05, 0.1) is 31.7 Å². The Morgan fingerprint density at radius 2 is 2.21 bits per heavy atom. The number of ether oxygens (including phenoxy) is 2. The van der Waals surface area contributed by atoms with Crippen LogP contribution in [0, 0.1) is 5.92 Å². The van der Waals surface area contributed by atoms with Crippen molar-refractivity contribution < 1.29 is 19.4 Å². The summed E-state index contributed by atoms with van der Waals surface area (Å²) in [5, 5.41) is 9.71. The Bertz CT molecular complexity index is 708. The van der Waals surface area contributed by atoms with E-state index in [1.54, 1.807) is 7.11 Å². The van der Waals surface area contributed by atoms with Crippen LogP contribution in [0.2, 0.25) is 0 Å². The van der Waals surface area contributed by atoms with E-state index in [1.165, 1.54) is 11.1 Å². The lowest BCUT2D eigenvalue weighted by Crippen LogP contribution is -2.64. The van der Waals surface area contributed by atoms with E-state index in [1.807, 2.05) is 12.1 Å². The maximum Gasteiger partial charge on any atom is 0.308 e.